The molecule has 0 radical (unpaired) electrons. The van der Waals surface area contributed by atoms with Gasteiger partial charge in [0.05, 0.1) is 11.8 Å². The van der Waals surface area contributed by atoms with E-state index in [1.165, 1.54) is 4.90 Å². The molecule has 3 aliphatic rings. The van der Waals surface area contributed by atoms with Gasteiger partial charge in [-0.1, -0.05) is 55.5 Å². The number of carbonyl (C=O) groups excluding carboxylic acids is 2. The van der Waals surface area contributed by atoms with Crippen molar-refractivity contribution < 1.29 is 33.0 Å². The largest absolute Gasteiger partial charge is 0.481 e. The highest BCUT2D eigenvalue weighted by molar-refractivity contribution is 5.85. The molecule has 1 heterocycles. The first kappa shape index (κ1) is 23.3. The van der Waals surface area contributed by atoms with Crippen LogP contribution >= 0.6 is 0 Å². The molecule has 1 saturated carbocycles. The number of halogens is 2. The maximum Gasteiger partial charge on any atom is 0.407 e. The van der Waals surface area contributed by atoms with E-state index in [9.17, 15) is 23.2 Å². The van der Waals surface area contributed by atoms with Gasteiger partial charge in [-0.25, -0.2) is 13.6 Å². The van der Waals surface area contributed by atoms with E-state index in [1.807, 2.05) is 48.5 Å². The number of aliphatic carboxylic acids is 1. The van der Waals surface area contributed by atoms with Crippen molar-refractivity contribution in [2.24, 2.45) is 23.7 Å². The quantitative estimate of drug-likeness (QED) is 0.626. The van der Waals surface area contributed by atoms with E-state index >= 15 is 0 Å². The normalized spacial score (nSPS) is 23.0. The number of benzene rings is 2. The molecular formula is C26H26F2N2O5. The number of fused-ring (bicyclic) bond motifs is 3. The van der Waals surface area contributed by atoms with Crippen LogP contribution in [0, 0.1) is 23.7 Å². The number of hydrogen-bond donors (Lipinski definition) is 2. The van der Waals surface area contributed by atoms with Gasteiger partial charge >= 0.3 is 12.1 Å². The lowest BCUT2D eigenvalue weighted by molar-refractivity contribution is -0.152. The van der Waals surface area contributed by atoms with Crippen molar-refractivity contribution in [1.82, 2.24) is 10.2 Å². The Bertz CT molecular complexity index is 1130. The summed E-state index contributed by atoms with van der Waals surface area (Å²) in [5, 5.41) is 11.4. The van der Waals surface area contributed by atoms with Crippen LogP contribution < -0.4 is 5.32 Å². The second-order valence-corrected chi connectivity index (χ2v) is 9.60. The summed E-state index contributed by atoms with van der Waals surface area (Å²) < 4.78 is 34.0. The second-order valence-electron chi connectivity index (χ2n) is 9.60. The van der Waals surface area contributed by atoms with Crippen molar-refractivity contribution in [3.8, 4) is 11.1 Å². The first-order valence-electron chi connectivity index (χ1n) is 11.7. The summed E-state index contributed by atoms with van der Waals surface area (Å²) in [7, 11) is 0. The lowest BCUT2D eigenvalue weighted by Crippen LogP contribution is -2.54. The van der Waals surface area contributed by atoms with E-state index in [-0.39, 0.29) is 38.1 Å². The Morgan fingerprint density at radius 2 is 1.66 bits per heavy atom. The zero-order chi connectivity index (χ0) is 24.9. The number of likely N-dealkylation sites (tertiary alicyclic amines) is 1. The number of hydrogen-bond acceptors (Lipinski definition) is 4. The van der Waals surface area contributed by atoms with Crippen LogP contribution in [-0.2, 0) is 14.3 Å². The van der Waals surface area contributed by atoms with Crippen LogP contribution in [0.5, 0.6) is 0 Å². The highest BCUT2D eigenvalue weighted by Crippen LogP contribution is 2.56. The van der Waals surface area contributed by atoms with Crippen molar-refractivity contribution in [3.63, 3.8) is 0 Å². The summed E-state index contributed by atoms with van der Waals surface area (Å²) in [5.74, 6) is -8.68. The minimum atomic E-state index is -3.21. The Hall–Kier alpha value is -3.49. The lowest BCUT2D eigenvalue weighted by atomic mass is 9.87. The van der Waals surface area contributed by atoms with Crippen LogP contribution in [0.2, 0.25) is 0 Å². The smallest absolute Gasteiger partial charge is 0.407 e. The number of carbonyl (C=O) groups is 3. The number of rotatable bonds is 7. The fraction of sp³-hybridized carbons (Fsp3) is 0.423. The van der Waals surface area contributed by atoms with Crippen molar-refractivity contribution in [3.05, 3.63) is 59.7 Å². The van der Waals surface area contributed by atoms with Gasteiger partial charge in [-0.15, -0.1) is 0 Å². The van der Waals surface area contributed by atoms with Crippen LogP contribution in [0.3, 0.4) is 0 Å². The van der Waals surface area contributed by atoms with E-state index in [0.717, 1.165) is 22.3 Å². The zero-order valence-electron chi connectivity index (χ0n) is 19.1. The Balaban J connectivity index is 1.13. The predicted octanol–water partition coefficient (Wildman–Crippen LogP) is 3.59. The number of ether oxygens (including phenoxy) is 1. The van der Waals surface area contributed by atoms with Gasteiger partial charge in [-0.05, 0) is 22.3 Å². The molecule has 0 bridgehead atoms. The lowest BCUT2D eigenvalue weighted by Gasteiger charge is -2.41. The number of alkyl halides is 2. The predicted molar refractivity (Wildman–Crippen MR) is 122 cm³/mol. The van der Waals surface area contributed by atoms with Crippen LogP contribution in [0.15, 0.2) is 48.5 Å². The minimum Gasteiger partial charge on any atom is -0.481 e. The van der Waals surface area contributed by atoms with Crippen LogP contribution in [0.1, 0.15) is 24.0 Å². The van der Waals surface area contributed by atoms with Crippen molar-refractivity contribution in [2.75, 3.05) is 26.2 Å². The molecule has 35 heavy (non-hydrogen) atoms. The molecule has 2 aliphatic carbocycles. The molecule has 2 N–H and O–H groups in total. The average molecular weight is 484 g/mol. The third kappa shape index (κ3) is 4.02. The summed E-state index contributed by atoms with van der Waals surface area (Å²) in [6.07, 6.45) is -0.806. The fourth-order valence-electron chi connectivity index (χ4n) is 5.23. The second kappa shape index (κ2) is 8.62. The number of alkyl carbamates (subject to hydrolysis) is 1. The molecule has 5 rings (SSSR count). The highest BCUT2D eigenvalue weighted by atomic mass is 19.3. The van der Waals surface area contributed by atoms with E-state index in [4.69, 9.17) is 9.84 Å². The number of amides is 2. The van der Waals surface area contributed by atoms with Crippen LogP contribution in [-0.4, -0.2) is 60.1 Å². The number of carboxylic acids is 1. The van der Waals surface area contributed by atoms with Gasteiger partial charge in [0.2, 0.25) is 5.91 Å². The molecule has 2 amide bonds. The molecule has 0 aromatic heterocycles. The van der Waals surface area contributed by atoms with Gasteiger partial charge in [-0.2, -0.15) is 0 Å². The Morgan fingerprint density at radius 3 is 2.23 bits per heavy atom. The third-order valence-corrected chi connectivity index (χ3v) is 7.60. The summed E-state index contributed by atoms with van der Waals surface area (Å²) >= 11 is 0. The van der Waals surface area contributed by atoms with E-state index < -0.39 is 41.6 Å². The van der Waals surface area contributed by atoms with Crippen LogP contribution in [0.4, 0.5) is 13.6 Å². The SMILES string of the molecule is CC(C(=O)O)C1CN(C(=O)[C@@H]2[C@H](CNC(=O)OCC3c4ccccc4-c4ccccc43)C2(F)F)C1. The molecule has 9 heteroatoms. The monoisotopic (exact) mass is 484 g/mol. The van der Waals surface area contributed by atoms with Crippen LogP contribution in [0.25, 0.3) is 11.1 Å². The molecule has 2 aromatic rings. The van der Waals surface area contributed by atoms with Gasteiger partial charge in [0.1, 0.15) is 12.5 Å². The summed E-state index contributed by atoms with van der Waals surface area (Å²) in [6.45, 7) is 1.56. The molecule has 2 fully saturated rings. The number of nitrogens with one attached hydrogen (secondary N) is 1. The summed E-state index contributed by atoms with van der Waals surface area (Å²) in [5.41, 5.74) is 4.26. The summed E-state index contributed by atoms with van der Waals surface area (Å²) in [6, 6.07) is 15.8. The molecular weight excluding hydrogens is 458 g/mol. The maximum atomic E-state index is 14.3. The van der Waals surface area contributed by atoms with E-state index in [0.29, 0.717) is 0 Å². The van der Waals surface area contributed by atoms with E-state index in [1.54, 1.807) is 6.92 Å². The zero-order valence-corrected chi connectivity index (χ0v) is 19.1. The molecule has 2 aromatic carbocycles. The minimum absolute atomic E-state index is 0.0696. The van der Waals surface area contributed by atoms with Crippen molar-refractivity contribution in [1.29, 1.82) is 0 Å². The van der Waals surface area contributed by atoms with Gasteiger partial charge < -0.3 is 20.1 Å². The molecule has 1 unspecified atom stereocenters. The topological polar surface area (TPSA) is 95.9 Å². The Labute approximate surface area is 201 Å². The molecule has 1 aliphatic heterocycles. The van der Waals surface area contributed by atoms with E-state index in [2.05, 4.69) is 5.32 Å². The number of nitrogens with zero attached hydrogens (tertiary/aromatic N) is 1. The standard InChI is InChI=1S/C26H26F2N2O5/c1-14(24(32)33)15-11-30(12-15)23(31)22-21(26(22,27)28)10-29-25(34)35-13-20-18-8-4-2-6-16(18)17-7-3-5-9-19(17)20/h2-9,14-15,20-22H,10-13H2,1H3,(H,29,34)(H,32,33)/t14?,21-,22-/m0/s1. The first-order valence-corrected chi connectivity index (χ1v) is 11.7. The molecule has 184 valence electrons. The highest BCUT2D eigenvalue weighted by Gasteiger charge is 2.72. The molecule has 3 atom stereocenters. The summed E-state index contributed by atoms with van der Waals surface area (Å²) in [4.78, 5) is 37.1. The first-order chi connectivity index (χ1) is 16.7. The Morgan fingerprint density at radius 1 is 1.09 bits per heavy atom. The Kier molecular flexibility index (Phi) is 5.73. The van der Waals surface area contributed by atoms with Gasteiger partial charge in [0.25, 0.3) is 5.92 Å². The molecule has 1 saturated heterocycles. The third-order valence-electron chi connectivity index (χ3n) is 7.60. The van der Waals surface area contributed by atoms with Crippen molar-refractivity contribution in [2.45, 2.75) is 18.8 Å². The number of carboxylic acid groups (broad SMARTS) is 1. The van der Waals surface area contributed by atoms with Gasteiger partial charge in [0, 0.05) is 31.5 Å². The fourth-order valence-corrected chi connectivity index (χ4v) is 5.23. The van der Waals surface area contributed by atoms with Gasteiger partial charge in [0.15, 0.2) is 0 Å². The molecule has 7 nitrogen and oxygen atoms in total. The van der Waals surface area contributed by atoms with Gasteiger partial charge in [-0.3, -0.25) is 9.59 Å². The average Bonchev–Trinajstić information content (AvgIpc) is 3.21. The molecule has 0 spiro atoms. The maximum absolute atomic E-state index is 14.3. The van der Waals surface area contributed by atoms with Crippen molar-refractivity contribution >= 4 is 18.0 Å².